The summed E-state index contributed by atoms with van der Waals surface area (Å²) in [5, 5.41) is 14.6. The van der Waals surface area contributed by atoms with E-state index in [1.165, 1.54) is 10.4 Å². The molecule has 8 heteroatoms. The second kappa shape index (κ2) is 7.78. The van der Waals surface area contributed by atoms with Crippen molar-refractivity contribution in [2.75, 3.05) is 5.32 Å². The molecule has 108 valence electrons. The lowest BCUT2D eigenvalue weighted by Gasteiger charge is -2.06. The predicted octanol–water partition coefficient (Wildman–Crippen LogP) is 1.32. The molecule has 0 aliphatic heterocycles. The van der Waals surface area contributed by atoms with Crippen LogP contribution >= 0.6 is 24.0 Å². The standard InChI is InChI=1S/C12H17N7.HI/c1-3-9-5-4-6-10(7-9)15-12(13)14-8-11-16-18-19(2)17-11;/h4-7H,3,8H2,1-2H3,(H3,13,14,15);1H. The van der Waals surface area contributed by atoms with Gasteiger partial charge in [0.25, 0.3) is 0 Å². The zero-order chi connectivity index (χ0) is 13.7. The Balaban J connectivity index is 0.00000200. The Morgan fingerprint density at radius 1 is 1.45 bits per heavy atom. The fourth-order valence-electron chi connectivity index (χ4n) is 1.60. The van der Waals surface area contributed by atoms with Crippen LogP contribution in [0.3, 0.4) is 0 Å². The minimum Gasteiger partial charge on any atom is -0.370 e. The molecule has 0 amide bonds. The highest BCUT2D eigenvalue weighted by atomic mass is 127. The summed E-state index contributed by atoms with van der Waals surface area (Å²) in [5.41, 5.74) is 7.98. The Labute approximate surface area is 134 Å². The Morgan fingerprint density at radius 2 is 2.25 bits per heavy atom. The van der Waals surface area contributed by atoms with Gasteiger partial charge in [0.05, 0.1) is 7.05 Å². The average Bonchev–Trinajstić information content (AvgIpc) is 2.82. The number of nitrogens with two attached hydrogens (primary N) is 1. The molecule has 7 nitrogen and oxygen atoms in total. The first-order valence-electron chi connectivity index (χ1n) is 6.06. The predicted molar refractivity (Wildman–Crippen MR) is 89.0 cm³/mol. The number of hydrogen-bond acceptors (Lipinski definition) is 4. The maximum Gasteiger partial charge on any atom is 0.196 e. The molecule has 0 bridgehead atoms. The van der Waals surface area contributed by atoms with Gasteiger partial charge in [0.2, 0.25) is 0 Å². The molecule has 2 aromatic rings. The lowest BCUT2D eigenvalue weighted by Crippen LogP contribution is -2.22. The molecule has 0 fully saturated rings. The van der Waals surface area contributed by atoms with Crippen LogP contribution in [0, 0.1) is 0 Å². The summed E-state index contributed by atoms with van der Waals surface area (Å²) >= 11 is 0. The van der Waals surface area contributed by atoms with Gasteiger partial charge in [-0.05, 0) is 29.3 Å². The van der Waals surface area contributed by atoms with Gasteiger partial charge in [0, 0.05) is 5.69 Å². The van der Waals surface area contributed by atoms with Crippen LogP contribution in [0.15, 0.2) is 29.3 Å². The van der Waals surface area contributed by atoms with Crippen molar-refractivity contribution in [3.63, 3.8) is 0 Å². The quantitative estimate of drug-likeness (QED) is 0.469. The topological polar surface area (TPSA) is 94.0 Å². The number of nitrogens with one attached hydrogen (secondary N) is 1. The van der Waals surface area contributed by atoms with Gasteiger partial charge in [0.15, 0.2) is 11.8 Å². The summed E-state index contributed by atoms with van der Waals surface area (Å²) in [5.74, 6) is 0.871. The van der Waals surface area contributed by atoms with Crippen LogP contribution in [0.25, 0.3) is 0 Å². The zero-order valence-corrected chi connectivity index (χ0v) is 13.8. The third-order valence-corrected chi connectivity index (χ3v) is 2.55. The molecule has 0 aliphatic rings. The lowest BCUT2D eigenvalue weighted by molar-refractivity contribution is 0.627. The lowest BCUT2D eigenvalue weighted by atomic mass is 10.1. The van der Waals surface area contributed by atoms with Crippen molar-refractivity contribution in [1.82, 2.24) is 20.2 Å². The first-order chi connectivity index (χ1) is 9.17. The van der Waals surface area contributed by atoms with Crippen molar-refractivity contribution in [1.29, 1.82) is 0 Å². The minimum atomic E-state index is 0. The number of aliphatic imine (C=N–C) groups is 1. The van der Waals surface area contributed by atoms with Crippen molar-refractivity contribution in [3.8, 4) is 0 Å². The third kappa shape index (κ3) is 4.76. The molecule has 0 atom stereocenters. The first kappa shape index (κ1) is 16.3. The van der Waals surface area contributed by atoms with Crippen molar-refractivity contribution in [2.24, 2.45) is 17.8 Å². The summed E-state index contributed by atoms with van der Waals surface area (Å²) in [7, 11) is 1.71. The van der Waals surface area contributed by atoms with E-state index in [9.17, 15) is 0 Å². The molecular weight excluding hydrogens is 369 g/mol. The number of aryl methyl sites for hydroxylation is 2. The van der Waals surface area contributed by atoms with E-state index >= 15 is 0 Å². The van der Waals surface area contributed by atoms with Crippen LogP contribution in [-0.2, 0) is 20.0 Å². The Hall–Kier alpha value is -1.71. The van der Waals surface area contributed by atoms with Crippen molar-refractivity contribution < 1.29 is 0 Å². The SMILES string of the molecule is CCc1cccc(NC(N)=NCc2nnn(C)n2)c1.I. The highest BCUT2D eigenvalue weighted by Crippen LogP contribution is 2.10. The number of halogens is 1. The van der Waals surface area contributed by atoms with E-state index in [-0.39, 0.29) is 24.0 Å². The van der Waals surface area contributed by atoms with Crippen molar-refractivity contribution >= 4 is 35.6 Å². The fourth-order valence-corrected chi connectivity index (χ4v) is 1.60. The summed E-state index contributed by atoms with van der Waals surface area (Å²) in [6, 6.07) is 8.05. The van der Waals surface area contributed by atoms with Crippen LogP contribution < -0.4 is 11.1 Å². The molecule has 0 saturated heterocycles. The number of rotatable bonds is 4. The maximum atomic E-state index is 5.81. The Morgan fingerprint density at radius 3 is 2.90 bits per heavy atom. The van der Waals surface area contributed by atoms with E-state index in [4.69, 9.17) is 5.73 Å². The van der Waals surface area contributed by atoms with Crippen LogP contribution in [0.1, 0.15) is 18.3 Å². The van der Waals surface area contributed by atoms with Gasteiger partial charge < -0.3 is 11.1 Å². The van der Waals surface area contributed by atoms with Gasteiger partial charge in [0.1, 0.15) is 6.54 Å². The van der Waals surface area contributed by atoms with Gasteiger partial charge in [-0.3, -0.25) is 0 Å². The van der Waals surface area contributed by atoms with Gasteiger partial charge in [-0.15, -0.1) is 34.2 Å². The molecule has 20 heavy (non-hydrogen) atoms. The number of tetrazole rings is 1. The summed E-state index contributed by atoms with van der Waals surface area (Å²) in [6.07, 6.45) is 0.982. The van der Waals surface area contributed by atoms with E-state index in [0.717, 1.165) is 12.1 Å². The number of benzene rings is 1. The Bertz CT molecular complexity index is 579. The third-order valence-electron chi connectivity index (χ3n) is 2.55. The van der Waals surface area contributed by atoms with E-state index in [1.54, 1.807) is 7.05 Å². The summed E-state index contributed by atoms with van der Waals surface area (Å²) < 4.78 is 0. The van der Waals surface area contributed by atoms with Crippen LogP contribution in [0.4, 0.5) is 5.69 Å². The maximum absolute atomic E-state index is 5.81. The second-order valence-corrected chi connectivity index (χ2v) is 4.08. The normalized spacial score (nSPS) is 11.0. The van der Waals surface area contributed by atoms with Gasteiger partial charge in [-0.1, -0.05) is 19.1 Å². The molecule has 0 spiro atoms. The van der Waals surface area contributed by atoms with E-state index < -0.39 is 0 Å². The van der Waals surface area contributed by atoms with E-state index in [0.29, 0.717) is 18.3 Å². The molecule has 3 N–H and O–H groups in total. The van der Waals surface area contributed by atoms with Crippen LogP contribution in [-0.4, -0.2) is 26.2 Å². The van der Waals surface area contributed by atoms with E-state index in [2.05, 4.69) is 38.7 Å². The summed E-state index contributed by atoms with van der Waals surface area (Å²) in [6.45, 7) is 2.41. The average molecular weight is 387 g/mol. The molecule has 2 rings (SSSR count). The molecule has 0 aliphatic carbocycles. The van der Waals surface area contributed by atoms with Gasteiger partial charge >= 0.3 is 0 Å². The number of guanidine groups is 1. The first-order valence-corrected chi connectivity index (χ1v) is 6.06. The monoisotopic (exact) mass is 387 g/mol. The molecule has 1 aromatic heterocycles. The number of nitrogens with zero attached hydrogens (tertiary/aromatic N) is 5. The number of anilines is 1. The van der Waals surface area contributed by atoms with E-state index in [1.807, 2.05) is 18.2 Å². The van der Waals surface area contributed by atoms with Gasteiger partial charge in [-0.2, -0.15) is 4.80 Å². The molecule has 0 radical (unpaired) electrons. The minimum absolute atomic E-state index is 0. The highest BCUT2D eigenvalue weighted by Gasteiger charge is 2.00. The van der Waals surface area contributed by atoms with Gasteiger partial charge in [-0.25, -0.2) is 4.99 Å². The summed E-state index contributed by atoms with van der Waals surface area (Å²) in [4.78, 5) is 5.55. The van der Waals surface area contributed by atoms with Crippen LogP contribution in [0.2, 0.25) is 0 Å². The molecule has 0 saturated carbocycles. The number of aromatic nitrogens is 4. The molecule has 1 aromatic carbocycles. The van der Waals surface area contributed by atoms with Crippen LogP contribution in [0.5, 0.6) is 0 Å². The number of hydrogen-bond donors (Lipinski definition) is 2. The zero-order valence-electron chi connectivity index (χ0n) is 11.4. The Kier molecular flexibility index (Phi) is 6.36. The van der Waals surface area contributed by atoms with Crippen molar-refractivity contribution in [2.45, 2.75) is 19.9 Å². The molecule has 1 heterocycles. The smallest absolute Gasteiger partial charge is 0.196 e. The molecular formula is C12H18IN7. The fraction of sp³-hybridized carbons (Fsp3) is 0.333. The molecule has 0 unspecified atom stereocenters. The second-order valence-electron chi connectivity index (χ2n) is 4.08. The highest BCUT2D eigenvalue weighted by molar-refractivity contribution is 14.0. The largest absolute Gasteiger partial charge is 0.370 e. The van der Waals surface area contributed by atoms with Crippen molar-refractivity contribution in [3.05, 3.63) is 35.7 Å².